The zero-order valence-corrected chi connectivity index (χ0v) is 15.6. The lowest BCUT2D eigenvalue weighted by molar-refractivity contribution is 0.0746. The molecule has 1 aliphatic heterocycles. The van der Waals surface area contributed by atoms with Crippen LogP contribution in [0.3, 0.4) is 0 Å². The van der Waals surface area contributed by atoms with Crippen molar-refractivity contribution in [3.05, 3.63) is 58.9 Å². The van der Waals surface area contributed by atoms with E-state index in [1.54, 1.807) is 6.07 Å². The molecule has 0 saturated carbocycles. The molecule has 4 nitrogen and oxygen atoms in total. The number of aromatic nitrogens is 1. The molecule has 0 unspecified atom stereocenters. The number of halogens is 1. The van der Waals surface area contributed by atoms with Crippen LogP contribution >= 0.6 is 11.3 Å². The Bertz CT molecular complexity index is 976. The average molecular weight is 369 g/mol. The van der Waals surface area contributed by atoms with Gasteiger partial charge in [-0.05, 0) is 49.2 Å². The van der Waals surface area contributed by atoms with Crippen LogP contribution in [0.5, 0.6) is 0 Å². The van der Waals surface area contributed by atoms with E-state index in [0.29, 0.717) is 31.7 Å². The molecule has 0 N–H and O–H groups in total. The fourth-order valence-electron chi connectivity index (χ4n) is 3.20. The van der Waals surface area contributed by atoms with E-state index in [0.717, 1.165) is 21.0 Å². The maximum absolute atomic E-state index is 13.9. The summed E-state index contributed by atoms with van der Waals surface area (Å²) in [5, 5.41) is 0.823. The van der Waals surface area contributed by atoms with Gasteiger partial charge in [-0.1, -0.05) is 23.5 Å². The summed E-state index contributed by atoms with van der Waals surface area (Å²) in [4.78, 5) is 21.2. The summed E-state index contributed by atoms with van der Waals surface area (Å²) in [5.74, 6) is -0.211. The van der Waals surface area contributed by atoms with Crippen LogP contribution in [0.1, 0.15) is 21.5 Å². The van der Waals surface area contributed by atoms with E-state index >= 15 is 0 Å². The van der Waals surface area contributed by atoms with Crippen LogP contribution in [0.25, 0.3) is 10.2 Å². The molecule has 1 aliphatic rings. The van der Waals surface area contributed by atoms with E-state index in [1.807, 2.05) is 43.0 Å². The summed E-state index contributed by atoms with van der Waals surface area (Å²) >= 11 is 1.50. The highest BCUT2D eigenvalue weighted by Crippen LogP contribution is 2.30. The highest BCUT2D eigenvalue weighted by Gasteiger charge is 2.24. The minimum Gasteiger partial charge on any atom is -0.345 e. The van der Waals surface area contributed by atoms with E-state index in [2.05, 4.69) is 9.88 Å². The number of anilines is 1. The Morgan fingerprint density at radius 1 is 1.08 bits per heavy atom. The fraction of sp³-hybridized carbons (Fsp3) is 0.300. The second-order valence-corrected chi connectivity index (χ2v) is 7.67. The molecule has 134 valence electrons. The van der Waals surface area contributed by atoms with Crippen LogP contribution in [-0.4, -0.2) is 42.0 Å². The molecule has 2 aromatic carbocycles. The van der Waals surface area contributed by atoms with Crippen molar-refractivity contribution in [1.29, 1.82) is 0 Å². The zero-order valence-electron chi connectivity index (χ0n) is 14.8. The summed E-state index contributed by atoms with van der Waals surface area (Å²) in [6, 6.07) is 10.9. The summed E-state index contributed by atoms with van der Waals surface area (Å²) in [6.45, 7) is 6.77. The van der Waals surface area contributed by atoms with Gasteiger partial charge >= 0.3 is 0 Å². The van der Waals surface area contributed by atoms with Crippen molar-refractivity contribution in [2.45, 2.75) is 13.8 Å². The minimum absolute atomic E-state index is 0.0723. The first kappa shape index (κ1) is 17.0. The van der Waals surface area contributed by atoms with E-state index in [4.69, 9.17) is 0 Å². The van der Waals surface area contributed by atoms with Crippen molar-refractivity contribution in [3.63, 3.8) is 0 Å². The number of nitrogens with zero attached hydrogens (tertiary/aromatic N) is 3. The maximum Gasteiger partial charge on any atom is 0.253 e. The molecule has 3 aromatic rings. The van der Waals surface area contributed by atoms with Gasteiger partial charge in [0.25, 0.3) is 5.91 Å². The number of rotatable bonds is 2. The van der Waals surface area contributed by atoms with Gasteiger partial charge in [-0.25, -0.2) is 9.37 Å². The van der Waals surface area contributed by atoms with Gasteiger partial charge in [-0.3, -0.25) is 4.79 Å². The second-order valence-electron chi connectivity index (χ2n) is 6.66. The monoisotopic (exact) mass is 369 g/mol. The molecule has 1 amide bonds. The lowest BCUT2D eigenvalue weighted by Gasteiger charge is -2.34. The number of amides is 1. The summed E-state index contributed by atoms with van der Waals surface area (Å²) in [6.07, 6.45) is 0. The predicted molar refractivity (Wildman–Crippen MR) is 104 cm³/mol. The molecule has 1 saturated heterocycles. The third-order valence-corrected chi connectivity index (χ3v) is 6.03. The molecule has 0 radical (unpaired) electrons. The first-order chi connectivity index (χ1) is 12.5. The topological polar surface area (TPSA) is 36.4 Å². The van der Waals surface area contributed by atoms with E-state index in [9.17, 15) is 9.18 Å². The van der Waals surface area contributed by atoms with Crippen molar-refractivity contribution in [2.75, 3.05) is 31.1 Å². The molecule has 0 spiro atoms. The Labute approximate surface area is 155 Å². The summed E-state index contributed by atoms with van der Waals surface area (Å²) in [7, 11) is 0. The minimum atomic E-state index is -0.284. The molecule has 0 aliphatic carbocycles. The molecule has 6 heteroatoms. The Morgan fingerprint density at radius 2 is 1.85 bits per heavy atom. The first-order valence-electron chi connectivity index (χ1n) is 8.69. The first-order valence-corrected chi connectivity index (χ1v) is 9.51. The summed E-state index contributed by atoms with van der Waals surface area (Å²) in [5.41, 5.74) is 3.49. The number of piperazine rings is 1. The number of carbonyl (C=O) groups excluding carboxylic acids is 1. The van der Waals surface area contributed by atoms with Crippen molar-refractivity contribution in [2.24, 2.45) is 0 Å². The number of aryl methyl sites for hydroxylation is 2. The van der Waals surface area contributed by atoms with Gasteiger partial charge in [0.1, 0.15) is 11.3 Å². The number of hydrogen-bond donors (Lipinski definition) is 0. The smallest absolute Gasteiger partial charge is 0.253 e. The van der Waals surface area contributed by atoms with Gasteiger partial charge in [0.2, 0.25) is 0 Å². The lowest BCUT2D eigenvalue weighted by Crippen LogP contribution is -2.48. The molecular formula is C20H20FN3OS. The average Bonchev–Trinajstić information content (AvgIpc) is 3.09. The van der Waals surface area contributed by atoms with Crippen LogP contribution in [0.15, 0.2) is 36.4 Å². The largest absolute Gasteiger partial charge is 0.345 e. The molecule has 26 heavy (non-hydrogen) atoms. The molecule has 0 atom stereocenters. The van der Waals surface area contributed by atoms with E-state index < -0.39 is 0 Å². The van der Waals surface area contributed by atoms with Crippen molar-refractivity contribution in [3.8, 4) is 0 Å². The third-order valence-electron chi connectivity index (χ3n) is 4.95. The van der Waals surface area contributed by atoms with Gasteiger partial charge in [-0.2, -0.15) is 0 Å². The molecule has 4 rings (SSSR count). The normalized spacial score (nSPS) is 14.9. The van der Waals surface area contributed by atoms with Crippen LogP contribution < -0.4 is 4.90 Å². The summed E-state index contributed by atoms with van der Waals surface area (Å²) < 4.78 is 14.7. The highest BCUT2D eigenvalue weighted by molar-refractivity contribution is 7.22. The van der Waals surface area contributed by atoms with Gasteiger partial charge in [0.05, 0.1) is 4.70 Å². The molecule has 0 bridgehead atoms. The Hall–Kier alpha value is -2.47. The molecular weight excluding hydrogens is 349 g/mol. The third kappa shape index (κ3) is 3.05. The van der Waals surface area contributed by atoms with Crippen LogP contribution in [0.2, 0.25) is 0 Å². The Balaban J connectivity index is 1.47. The van der Waals surface area contributed by atoms with Crippen molar-refractivity contribution < 1.29 is 9.18 Å². The van der Waals surface area contributed by atoms with Crippen molar-refractivity contribution >= 4 is 32.6 Å². The SMILES string of the molecule is Cc1ccc(C(=O)N2CCN(c3nc4c(F)cccc4s3)CC2)cc1C. The maximum atomic E-state index is 13.9. The molecule has 1 fully saturated rings. The van der Waals surface area contributed by atoms with E-state index in [-0.39, 0.29) is 11.7 Å². The number of para-hydroxylation sites is 1. The van der Waals surface area contributed by atoms with Crippen LogP contribution in [-0.2, 0) is 0 Å². The van der Waals surface area contributed by atoms with Gasteiger partial charge in [0.15, 0.2) is 5.13 Å². The number of benzene rings is 2. The predicted octanol–water partition coefficient (Wildman–Crippen LogP) is 4.01. The molecule has 2 heterocycles. The lowest BCUT2D eigenvalue weighted by atomic mass is 10.1. The number of fused-ring (bicyclic) bond motifs is 1. The Morgan fingerprint density at radius 3 is 2.54 bits per heavy atom. The van der Waals surface area contributed by atoms with Gasteiger partial charge in [-0.15, -0.1) is 0 Å². The number of hydrogen-bond acceptors (Lipinski definition) is 4. The van der Waals surface area contributed by atoms with Gasteiger partial charge in [0, 0.05) is 31.7 Å². The Kier molecular flexibility index (Phi) is 4.36. The van der Waals surface area contributed by atoms with Crippen LogP contribution in [0, 0.1) is 19.7 Å². The van der Waals surface area contributed by atoms with Crippen LogP contribution in [0.4, 0.5) is 9.52 Å². The highest BCUT2D eigenvalue weighted by atomic mass is 32.1. The van der Waals surface area contributed by atoms with Gasteiger partial charge < -0.3 is 9.80 Å². The zero-order chi connectivity index (χ0) is 18.3. The fourth-order valence-corrected chi connectivity index (χ4v) is 4.23. The second kappa shape index (κ2) is 6.68. The number of carbonyl (C=O) groups is 1. The quantitative estimate of drug-likeness (QED) is 0.685. The number of thiazole rings is 1. The van der Waals surface area contributed by atoms with Crippen molar-refractivity contribution in [1.82, 2.24) is 9.88 Å². The molecule has 1 aromatic heterocycles. The van der Waals surface area contributed by atoms with E-state index in [1.165, 1.54) is 23.0 Å². The standard InChI is InChI=1S/C20H20FN3OS/c1-13-6-7-15(12-14(13)2)19(25)23-8-10-24(11-9-23)20-22-18-16(21)4-3-5-17(18)26-20/h3-7,12H,8-11H2,1-2H3.